The lowest BCUT2D eigenvalue weighted by Crippen LogP contribution is -2.39. The maximum absolute atomic E-state index is 13.6. The molecular formula is C25H23N3O6S3. The van der Waals surface area contributed by atoms with Crippen molar-refractivity contribution in [3.63, 3.8) is 0 Å². The van der Waals surface area contributed by atoms with Crippen LogP contribution in [0.3, 0.4) is 0 Å². The lowest BCUT2D eigenvalue weighted by molar-refractivity contribution is -0.123. The molecule has 2 aromatic rings. The van der Waals surface area contributed by atoms with Crippen LogP contribution in [-0.2, 0) is 24.2 Å². The summed E-state index contributed by atoms with van der Waals surface area (Å²) in [7, 11) is -3.23. The van der Waals surface area contributed by atoms with Crippen LogP contribution in [0, 0.1) is 0 Å². The number of carbonyl (C=O) groups excluding carboxylic acids is 3. The molecule has 3 heterocycles. The van der Waals surface area contributed by atoms with E-state index in [-0.39, 0.29) is 32.8 Å². The van der Waals surface area contributed by atoms with E-state index in [1.54, 1.807) is 48.5 Å². The number of nitrogens with zero attached hydrogens (tertiary/aromatic N) is 2. The van der Waals surface area contributed by atoms with Gasteiger partial charge >= 0.3 is 0 Å². The predicted molar refractivity (Wildman–Crippen MR) is 146 cm³/mol. The molecule has 0 radical (unpaired) electrons. The highest BCUT2D eigenvalue weighted by Crippen LogP contribution is 2.45. The van der Waals surface area contributed by atoms with Gasteiger partial charge < -0.3 is 10.1 Å². The first-order valence-corrected chi connectivity index (χ1v) is 14.7. The molecule has 1 N–H and O–H groups in total. The number of carbonyl (C=O) groups is 3. The summed E-state index contributed by atoms with van der Waals surface area (Å²) in [4.78, 5) is 42.7. The number of thioether (sulfide) groups is 1. The molecule has 9 nitrogen and oxygen atoms in total. The number of sulfone groups is 1. The number of fused-ring (bicyclic) bond motifs is 1. The standard InChI is InChI=1S/C25H23N3O6S3/c1-2-34-17-9-7-15(8-10-17)26-20(29)13-27-19-6-4-3-5-18(19)21(23(27)30)22-24(31)28(25(35)36-22)16-11-12-37(32,33)14-16/h3-10,16H,2,11-14H2,1H3,(H,26,29)/b22-21+/t16-/m1/s1. The fraction of sp³-hybridized carbons (Fsp3) is 0.280. The number of amides is 3. The molecule has 0 saturated carbocycles. The van der Waals surface area contributed by atoms with Gasteiger partial charge in [0.2, 0.25) is 5.91 Å². The lowest BCUT2D eigenvalue weighted by Gasteiger charge is -2.21. The van der Waals surface area contributed by atoms with Crippen molar-refractivity contribution in [1.29, 1.82) is 0 Å². The Morgan fingerprint density at radius 2 is 1.86 bits per heavy atom. The summed E-state index contributed by atoms with van der Waals surface area (Å²) in [5.41, 5.74) is 1.77. The number of ether oxygens (including phenoxy) is 1. The van der Waals surface area contributed by atoms with Gasteiger partial charge in [-0.05, 0) is 43.7 Å². The average Bonchev–Trinajstić information content (AvgIpc) is 3.45. The van der Waals surface area contributed by atoms with E-state index in [1.165, 1.54) is 9.80 Å². The van der Waals surface area contributed by atoms with Crippen molar-refractivity contribution >= 4 is 72.8 Å². The number of thiocarbonyl (C=S) groups is 1. The van der Waals surface area contributed by atoms with Gasteiger partial charge in [-0.15, -0.1) is 0 Å². The van der Waals surface area contributed by atoms with E-state index in [9.17, 15) is 22.8 Å². The van der Waals surface area contributed by atoms with Crippen LogP contribution in [-0.4, -0.2) is 66.1 Å². The number of anilines is 2. The highest BCUT2D eigenvalue weighted by atomic mass is 32.2. The first kappa shape index (κ1) is 25.4. The van der Waals surface area contributed by atoms with Gasteiger partial charge in [0.15, 0.2) is 9.84 Å². The van der Waals surface area contributed by atoms with Crippen LogP contribution in [0.5, 0.6) is 5.75 Å². The third-order valence-corrected chi connectivity index (χ3v) is 9.42. The number of nitrogens with one attached hydrogen (secondary N) is 1. The van der Waals surface area contributed by atoms with Gasteiger partial charge in [0.05, 0.1) is 40.3 Å². The summed E-state index contributed by atoms with van der Waals surface area (Å²) in [6.07, 6.45) is 0.305. The Bertz CT molecular complexity index is 1450. The van der Waals surface area contributed by atoms with Crippen molar-refractivity contribution in [3.05, 3.63) is 59.0 Å². The Morgan fingerprint density at radius 1 is 1.14 bits per heavy atom. The normalized spacial score (nSPS) is 22.5. The first-order valence-electron chi connectivity index (χ1n) is 11.6. The fourth-order valence-electron chi connectivity index (χ4n) is 4.63. The molecule has 2 aromatic carbocycles. The number of rotatable bonds is 6. The predicted octanol–water partition coefficient (Wildman–Crippen LogP) is 2.83. The van der Waals surface area contributed by atoms with Crippen molar-refractivity contribution in [2.24, 2.45) is 0 Å². The largest absolute Gasteiger partial charge is 0.494 e. The van der Waals surface area contributed by atoms with Crippen LogP contribution in [0.2, 0.25) is 0 Å². The van der Waals surface area contributed by atoms with Crippen LogP contribution >= 0.6 is 24.0 Å². The quantitative estimate of drug-likeness (QED) is 0.426. The average molecular weight is 558 g/mol. The number of para-hydroxylation sites is 1. The number of hydrogen-bond donors (Lipinski definition) is 1. The molecule has 5 rings (SSSR count). The number of benzene rings is 2. The Labute approximate surface area is 223 Å². The molecule has 12 heteroatoms. The highest BCUT2D eigenvalue weighted by molar-refractivity contribution is 8.26. The van der Waals surface area contributed by atoms with E-state index in [1.807, 2.05) is 6.92 Å². The monoisotopic (exact) mass is 557 g/mol. The van der Waals surface area contributed by atoms with E-state index >= 15 is 0 Å². The minimum Gasteiger partial charge on any atom is -0.494 e. The highest BCUT2D eigenvalue weighted by Gasteiger charge is 2.46. The summed E-state index contributed by atoms with van der Waals surface area (Å²) >= 11 is 6.41. The SMILES string of the molecule is CCOc1ccc(NC(=O)CN2C(=O)/C(=C3/SC(=S)N([C@@H]4CCS(=O)(=O)C4)C3=O)c3ccccc32)cc1. The lowest BCUT2D eigenvalue weighted by atomic mass is 10.1. The summed E-state index contributed by atoms with van der Waals surface area (Å²) in [6, 6.07) is 13.3. The summed E-state index contributed by atoms with van der Waals surface area (Å²) in [5, 5.41) is 2.78. The molecule has 0 bridgehead atoms. The molecule has 0 aromatic heterocycles. The Morgan fingerprint density at radius 3 is 2.54 bits per heavy atom. The molecule has 3 amide bonds. The van der Waals surface area contributed by atoms with Crippen molar-refractivity contribution in [1.82, 2.24) is 4.90 Å². The van der Waals surface area contributed by atoms with E-state index in [4.69, 9.17) is 17.0 Å². The molecular weight excluding hydrogens is 534 g/mol. The van der Waals surface area contributed by atoms with Gasteiger partial charge in [-0.1, -0.05) is 42.2 Å². The molecule has 0 aliphatic carbocycles. The van der Waals surface area contributed by atoms with Crippen LogP contribution < -0.4 is 15.0 Å². The second-order valence-corrected chi connectivity index (χ2v) is 12.6. The van der Waals surface area contributed by atoms with E-state index in [2.05, 4.69) is 5.32 Å². The van der Waals surface area contributed by atoms with Gasteiger partial charge in [0, 0.05) is 11.3 Å². The molecule has 0 spiro atoms. The summed E-state index contributed by atoms with van der Waals surface area (Å²) in [5.74, 6) is -0.832. The fourth-order valence-corrected chi connectivity index (χ4v) is 7.80. The van der Waals surface area contributed by atoms with Crippen LogP contribution in [0.4, 0.5) is 11.4 Å². The van der Waals surface area contributed by atoms with Crippen LogP contribution in [0.25, 0.3) is 5.57 Å². The third-order valence-electron chi connectivity index (χ3n) is 6.27. The van der Waals surface area contributed by atoms with Gasteiger partial charge in [-0.25, -0.2) is 8.42 Å². The molecule has 0 unspecified atom stereocenters. The molecule has 2 fully saturated rings. The van der Waals surface area contributed by atoms with Crippen LogP contribution in [0.15, 0.2) is 53.4 Å². The topological polar surface area (TPSA) is 113 Å². The minimum absolute atomic E-state index is 0.000357. The van der Waals surface area contributed by atoms with Gasteiger partial charge in [0.25, 0.3) is 11.8 Å². The Kier molecular flexibility index (Phi) is 6.82. The third kappa shape index (κ3) is 4.88. The molecule has 2 saturated heterocycles. The minimum atomic E-state index is -3.23. The summed E-state index contributed by atoms with van der Waals surface area (Å²) < 4.78 is 29.6. The van der Waals surface area contributed by atoms with Crippen molar-refractivity contribution in [2.45, 2.75) is 19.4 Å². The Balaban J connectivity index is 1.40. The van der Waals surface area contributed by atoms with Crippen LogP contribution in [0.1, 0.15) is 18.9 Å². The van der Waals surface area contributed by atoms with Crippen molar-refractivity contribution in [3.8, 4) is 5.75 Å². The van der Waals surface area contributed by atoms with Crippen molar-refractivity contribution in [2.75, 3.05) is 34.9 Å². The zero-order valence-electron chi connectivity index (χ0n) is 19.8. The van der Waals surface area contributed by atoms with Gasteiger partial charge in [0.1, 0.15) is 16.6 Å². The molecule has 37 heavy (non-hydrogen) atoms. The maximum Gasteiger partial charge on any atom is 0.267 e. The number of hydrogen-bond acceptors (Lipinski definition) is 8. The van der Waals surface area contributed by atoms with Gasteiger partial charge in [-0.3, -0.25) is 24.2 Å². The first-order chi connectivity index (χ1) is 17.7. The summed E-state index contributed by atoms with van der Waals surface area (Å²) in [6.45, 7) is 2.16. The zero-order valence-corrected chi connectivity index (χ0v) is 22.2. The maximum atomic E-state index is 13.6. The van der Waals surface area contributed by atoms with E-state index in [0.29, 0.717) is 35.7 Å². The van der Waals surface area contributed by atoms with E-state index in [0.717, 1.165) is 11.8 Å². The second kappa shape index (κ2) is 9.92. The Hall–Kier alpha value is -3.22. The molecule has 192 valence electrons. The molecule has 3 aliphatic rings. The molecule has 3 aliphatic heterocycles. The smallest absolute Gasteiger partial charge is 0.267 e. The van der Waals surface area contributed by atoms with E-state index < -0.39 is 33.6 Å². The molecule has 1 atom stereocenters. The zero-order chi connectivity index (χ0) is 26.3. The van der Waals surface area contributed by atoms with Crippen molar-refractivity contribution < 1.29 is 27.5 Å². The second-order valence-electron chi connectivity index (χ2n) is 8.72. The van der Waals surface area contributed by atoms with Gasteiger partial charge in [-0.2, -0.15) is 0 Å².